The summed E-state index contributed by atoms with van der Waals surface area (Å²) in [6.45, 7) is 6.33. The van der Waals surface area contributed by atoms with Gasteiger partial charge in [-0.25, -0.2) is 0 Å². The minimum absolute atomic E-state index is 0.521. The molecule has 78 valence electrons. The summed E-state index contributed by atoms with van der Waals surface area (Å²) < 4.78 is 5.65. The van der Waals surface area contributed by atoms with E-state index in [0.717, 1.165) is 13.2 Å². The van der Waals surface area contributed by atoms with Crippen molar-refractivity contribution in [2.75, 3.05) is 13.2 Å². The van der Waals surface area contributed by atoms with E-state index >= 15 is 0 Å². The van der Waals surface area contributed by atoms with Crippen LogP contribution in [0.15, 0.2) is 0 Å². The fourth-order valence-electron chi connectivity index (χ4n) is 2.07. The van der Waals surface area contributed by atoms with Crippen molar-refractivity contribution in [1.29, 1.82) is 0 Å². The van der Waals surface area contributed by atoms with Crippen molar-refractivity contribution in [2.24, 2.45) is 0 Å². The van der Waals surface area contributed by atoms with Gasteiger partial charge in [0.1, 0.15) is 0 Å². The molecule has 13 heavy (non-hydrogen) atoms. The average Bonchev–Trinajstić information content (AvgIpc) is 2.16. The van der Waals surface area contributed by atoms with E-state index in [9.17, 15) is 0 Å². The molecule has 0 bridgehead atoms. The third-order valence-electron chi connectivity index (χ3n) is 2.71. The second-order valence-corrected chi connectivity index (χ2v) is 3.90. The van der Waals surface area contributed by atoms with Crippen LogP contribution in [0, 0.1) is 0 Å². The summed E-state index contributed by atoms with van der Waals surface area (Å²) in [5, 5.41) is 3.58. The maximum atomic E-state index is 5.65. The Kier molecular flexibility index (Phi) is 5.40. The smallest absolute Gasteiger partial charge is 0.0589 e. The summed E-state index contributed by atoms with van der Waals surface area (Å²) in [5.74, 6) is 0. The van der Waals surface area contributed by atoms with Crippen molar-refractivity contribution in [3.8, 4) is 0 Å². The third-order valence-corrected chi connectivity index (χ3v) is 2.71. The Morgan fingerprint density at radius 3 is 2.85 bits per heavy atom. The number of hydrogen-bond acceptors (Lipinski definition) is 2. The minimum Gasteiger partial charge on any atom is -0.378 e. The van der Waals surface area contributed by atoms with E-state index < -0.39 is 0 Å². The first kappa shape index (κ1) is 11.0. The fraction of sp³-hybridized carbons (Fsp3) is 1.00. The lowest BCUT2D eigenvalue weighted by Gasteiger charge is -2.29. The fourth-order valence-corrected chi connectivity index (χ4v) is 2.07. The molecule has 0 aromatic carbocycles. The van der Waals surface area contributed by atoms with E-state index in [2.05, 4.69) is 19.2 Å². The van der Waals surface area contributed by atoms with Gasteiger partial charge in [-0.3, -0.25) is 0 Å². The Labute approximate surface area is 82.0 Å². The molecule has 1 aliphatic carbocycles. The minimum atomic E-state index is 0.521. The molecule has 0 aromatic heterocycles. The van der Waals surface area contributed by atoms with E-state index in [1.807, 2.05) is 0 Å². The molecule has 2 nitrogen and oxygen atoms in total. The normalized spacial score (nSPS) is 29.1. The Morgan fingerprint density at radius 1 is 1.31 bits per heavy atom. The van der Waals surface area contributed by atoms with Crippen molar-refractivity contribution in [3.63, 3.8) is 0 Å². The Morgan fingerprint density at radius 2 is 2.15 bits per heavy atom. The van der Waals surface area contributed by atoms with Crippen LogP contribution in [0.4, 0.5) is 0 Å². The Bertz CT molecular complexity index is 125. The van der Waals surface area contributed by atoms with E-state index in [0.29, 0.717) is 12.1 Å². The molecule has 0 radical (unpaired) electrons. The van der Waals surface area contributed by atoms with Crippen LogP contribution in [0.2, 0.25) is 0 Å². The van der Waals surface area contributed by atoms with E-state index in [1.54, 1.807) is 0 Å². The summed E-state index contributed by atoms with van der Waals surface area (Å²) in [7, 11) is 0. The zero-order chi connectivity index (χ0) is 9.52. The second kappa shape index (κ2) is 6.39. The van der Waals surface area contributed by atoms with Crippen LogP contribution in [0.25, 0.3) is 0 Å². The maximum absolute atomic E-state index is 5.65. The predicted octanol–water partition coefficient (Wildman–Crippen LogP) is 2.33. The van der Waals surface area contributed by atoms with Crippen LogP contribution in [0.3, 0.4) is 0 Å². The molecule has 0 spiro atoms. The van der Waals surface area contributed by atoms with Crippen molar-refractivity contribution >= 4 is 0 Å². The Hall–Kier alpha value is -0.0800. The van der Waals surface area contributed by atoms with Gasteiger partial charge in [-0.2, -0.15) is 0 Å². The van der Waals surface area contributed by atoms with Crippen LogP contribution < -0.4 is 5.32 Å². The highest BCUT2D eigenvalue weighted by atomic mass is 16.5. The summed E-state index contributed by atoms with van der Waals surface area (Å²) >= 11 is 0. The van der Waals surface area contributed by atoms with Crippen LogP contribution in [0.5, 0.6) is 0 Å². The third kappa shape index (κ3) is 4.10. The van der Waals surface area contributed by atoms with Gasteiger partial charge in [0.05, 0.1) is 6.10 Å². The molecular formula is C11H23NO. The molecule has 1 N–H and O–H groups in total. The van der Waals surface area contributed by atoms with Crippen molar-refractivity contribution in [3.05, 3.63) is 0 Å². The van der Waals surface area contributed by atoms with Crippen molar-refractivity contribution < 1.29 is 4.74 Å². The van der Waals surface area contributed by atoms with Gasteiger partial charge in [-0.15, -0.1) is 0 Å². The molecule has 1 fully saturated rings. The van der Waals surface area contributed by atoms with E-state index in [1.165, 1.54) is 32.1 Å². The first-order valence-corrected chi connectivity index (χ1v) is 5.71. The molecule has 1 saturated carbocycles. The van der Waals surface area contributed by atoms with Gasteiger partial charge in [0, 0.05) is 12.6 Å². The van der Waals surface area contributed by atoms with Crippen molar-refractivity contribution in [1.82, 2.24) is 5.32 Å². The monoisotopic (exact) mass is 185 g/mol. The molecule has 1 rings (SSSR count). The standard InChI is InChI=1S/C11H23NO/c1-3-8-12-10-6-5-7-11(9-10)13-4-2/h10-12H,3-9H2,1-2H3. The zero-order valence-corrected chi connectivity index (χ0v) is 9.01. The maximum Gasteiger partial charge on any atom is 0.0589 e. The lowest BCUT2D eigenvalue weighted by molar-refractivity contribution is 0.0274. The molecular weight excluding hydrogens is 162 g/mol. The van der Waals surface area contributed by atoms with Crippen LogP contribution >= 0.6 is 0 Å². The van der Waals surface area contributed by atoms with E-state index in [4.69, 9.17) is 4.74 Å². The van der Waals surface area contributed by atoms with Crippen LogP contribution in [0.1, 0.15) is 46.0 Å². The largest absolute Gasteiger partial charge is 0.378 e. The predicted molar refractivity (Wildman–Crippen MR) is 56.0 cm³/mol. The molecule has 1 aliphatic rings. The highest BCUT2D eigenvalue weighted by Gasteiger charge is 2.21. The molecule has 0 heterocycles. The van der Waals surface area contributed by atoms with Crippen LogP contribution in [-0.4, -0.2) is 25.3 Å². The van der Waals surface area contributed by atoms with E-state index in [-0.39, 0.29) is 0 Å². The molecule has 0 amide bonds. The van der Waals surface area contributed by atoms with Crippen LogP contribution in [-0.2, 0) is 4.74 Å². The van der Waals surface area contributed by atoms with Gasteiger partial charge >= 0.3 is 0 Å². The molecule has 2 heteroatoms. The Balaban J connectivity index is 2.16. The lowest BCUT2D eigenvalue weighted by Crippen LogP contribution is -2.37. The summed E-state index contributed by atoms with van der Waals surface area (Å²) in [6, 6.07) is 0.713. The lowest BCUT2D eigenvalue weighted by atomic mass is 9.93. The van der Waals surface area contributed by atoms with Gasteiger partial charge in [0.15, 0.2) is 0 Å². The number of ether oxygens (including phenoxy) is 1. The molecule has 2 atom stereocenters. The number of hydrogen-bond donors (Lipinski definition) is 1. The first-order valence-electron chi connectivity index (χ1n) is 5.71. The van der Waals surface area contributed by atoms with Gasteiger partial charge < -0.3 is 10.1 Å². The molecule has 2 unspecified atom stereocenters. The summed E-state index contributed by atoms with van der Waals surface area (Å²) in [6.07, 6.45) is 6.89. The second-order valence-electron chi connectivity index (χ2n) is 3.90. The van der Waals surface area contributed by atoms with Crippen molar-refractivity contribution in [2.45, 2.75) is 58.1 Å². The average molecular weight is 185 g/mol. The molecule has 0 aliphatic heterocycles. The highest BCUT2D eigenvalue weighted by Crippen LogP contribution is 2.20. The SMILES string of the molecule is CCCNC1CCCC(OCC)C1. The summed E-state index contributed by atoms with van der Waals surface area (Å²) in [4.78, 5) is 0. The van der Waals surface area contributed by atoms with Gasteiger partial charge in [0.2, 0.25) is 0 Å². The van der Waals surface area contributed by atoms with Gasteiger partial charge in [0.25, 0.3) is 0 Å². The topological polar surface area (TPSA) is 21.3 Å². The van der Waals surface area contributed by atoms with Gasteiger partial charge in [-0.05, 0) is 45.6 Å². The number of rotatable bonds is 5. The molecule has 0 saturated heterocycles. The zero-order valence-electron chi connectivity index (χ0n) is 9.01. The highest BCUT2D eigenvalue weighted by molar-refractivity contribution is 4.78. The molecule has 0 aromatic rings. The van der Waals surface area contributed by atoms with Gasteiger partial charge in [-0.1, -0.05) is 6.92 Å². The first-order chi connectivity index (χ1) is 6.36. The summed E-state index contributed by atoms with van der Waals surface area (Å²) in [5.41, 5.74) is 0. The number of nitrogens with one attached hydrogen (secondary N) is 1. The quantitative estimate of drug-likeness (QED) is 0.710.